The molecular weight excluding hydrogens is 250 g/mol. The molecule has 2 N–H and O–H groups in total. The van der Waals surface area contributed by atoms with Crippen LogP contribution in [0.1, 0.15) is 32.4 Å². The van der Waals surface area contributed by atoms with Crippen molar-refractivity contribution in [3.63, 3.8) is 0 Å². The summed E-state index contributed by atoms with van der Waals surface area (Å²) in [6, 6.07) is 0.114. The standard InChI is InChI=1S/C12H21N3S2/c1-4-15-6-10(5-14-15)12(13)11-7-16-8(2)9(3)17-11/h5-6,8-9,11-12H,4,7,13H2,1-3H3. The Morgan fingerprint density at radius 3 is 2.88 bits per heavy atom. The van der Waals surface area contributed by atoms with Gasteiger partial charge in [-0.2, -0.15) is 28.6 Å². The van der Waals surface area contributed by atoms with Crippen LogP contribution in [0.2, 0.25) is 0 Å². The lowest BCUT2D eigenvalue weighted by molar-refractivity contribution is 0.655. The minimum Gasteiger partial charge on any atom is -0.323 e. The molecule has 5 heteroatoms. The molecule has 1 fully saturated rings. The summed E-state index contributed by atoms with van der Waals surface area (Å²) < 4.78 is 1.95. The van der Waals surface area contributed by atoms with E-state index in [9.17, 15) is 0 Å². The summed E-state index contributed by atoms with van der Waals surface area (Å²) in [4.78, 5) is 0. The van der Waals surface area contributed by atoms with Gasteiger partial charge in [-0.3, -0.25) is 4.68 Å². The van der Waals surface area contributed by atoms with Crippen LogP contribution in [-0.2, 0) is 6.54 Å². The van der Waals surface area contributed by atoms with Crippen LogP contribution in [0.5, 0.6) is 0 Å². The third-order valence-corrected chi connectivity index (χ3v) is 6.85. The molecule has 0 aliphatic carbocycles. The lowest BCUT2D eigenvalue weighted by Gasteiger charge is -2.34. The summed E-state index contributed by atoms with van der Waals surface area (Å²) in [5.41, 5.74) is 7.53. The number of aromatic nitrogens is 2. The molecule has 1 aliphatic heterocycles. The normalized spacial score (nSPS) is 31.4. The first-order chi connectivity index (χ1) is 8.11. The zero-order chi connectivity index (χ0) is 12.4. The predicted octanol–water partition coefficient (Wildman–Crippen LogP) is 2.53. The van der Waals surface area contributed by atoms with Crippen LogP contribution in [0.3, 0.4) is 0 Å². The van der Waals surface area contributed by atoms with E-state index in [1.165, 1.54) is 5.56 Å². The molecule has 0 radical (unpaired) electrons. The van der Waals surface area contributed by atoms with E-state index >= 15 is 0 Å². The quantitative estimate of drug-likeness (QED) is 0.917. The number of hydrogen-bond acceptors (Lipinski definition) is 4. The van der Waals surface area contributed by atoms with Gasteiger partial charge in [-0.05, 0) is 6.92 Å². The molecule has 0 spiro atoms. The van der Waals surface area contributed by atoms with Crippen molar-refractivity contribution in [3.8, 4) is 0 Å². The van der Waals surface area contributed by atoms with Gasteiger partial charge in [-0.25, -0.2) is 0 Å². The second-order valence-electron chi connectivity index (χ2n) is 4.57. The van der Waals surface area contributed by atoms with Crippen LogP contribution in [0.15, 0.2) is 12.4 Å². The molecule has 0 aromatic carbocycles. The minimum absolute atomic E-state index is 0.114. The van der Waals surface area contributed by atoms with Crippen LogP contribution < -0.4 is 5.73 Å². The first-order valence-corrected chi connectivity index (χ1v) is 8.16. The molecule has 1 aliphatic rings. The third kappa shape index (κ3) is 3.01. The van der Waals surface area contributed by atoms with E-state index in [2.05, 4.69) is 32.1 Å². The number of nitrogens with two attached hydrogens (primary N) is 1. The van der Waals surface area contributed by atoms with Gasteiger partial charge in [0.2, 0.25) is 0 Å². The first-order valence-electron chi connectivity index (χ1n) is 6.16. The van der Waals surface area contributed by atoms with Crippen molar-refractivity contribution in [1.29, 1.82) is 0 Å². The first kappa shape index (κ1) is 13.3. The summed E-state index contributed by atoms with van der Waals surface area (Å²) in [6.45, 7) is 7.61. The highest BCUT2D eigenvalue weighted by atomic mass is 32.2. The predicted molar refractivity (Wildman–Crippen MR) is 77.6 cm³/mol. The summed E-state index contributed by atoms with van der Waals surface area (Å²) in [5.74, 6) is 1.15. The van der Waals surface area contributed by atoms with Crippen LogP contribution >= 0.6 is 23.5 Å². The minimum atomic E-state index is 0.114. The molecule has 2 rings (SSSR count). The van der Waals surface area contributed by atoms with Crippen molar-refractivity contribution >= 4 is 23.5 Å². The van der Waals surface area contributed by atoms with Crippen LogP contribution in [0, 0.1) is 0 Å². The zero-order valence-corrected chi connectivity index (χ0v) is 12.3. The fraction of sp³-hybridized carbons (Fsp3) is 0.750. The highest BCUT2D eigenvalue weighted by Gasteiger charge is 2.30. The SMILES string of the molecule is CCn1cc(C(N)C2CSC(C)C(C)S2)cn1. The largest absolute Gasteiger partial charge is 0.323 e. The molecule has 1 saturated heterocycles. The Morgan fingerprint density at radius 2 is 2.29 bits per heavy atom. The van der Waals surface area contributed by atoms with Crippen LogP contribution in [0.25, 0.3) is 0 Å². The van der Waals surface area contributed by atoms with E-state index < -0.39 is 0 Å². The van der Waals surface area contributed by atoms with Gasteiger partial charge in [0.1, 0.15) is 0 Å². The molecule has 1 aromatic rings. The number of aryl methyl sites for hydroxylation is 1. The number of rotatable bonds is 3. The highest BCUT2D eigenvalue weighted by Crippen LogP contribution is 2.40. The number of nitrogens with zero attached hydrogens (tertiary/aromatic N) is 2. The van der Waals surface area contributed by atoms with E-state index in [0.717, 1.165) is 17.5 Å². The average molecular weight is 271 g/mol. The van der Waals surface area contributed by atoms with Crippen molar-refractivity contribution in [2.75, 3.05) is 5.75 Å². The van der Waals surface area contributed by atoms with Gasteiger partial charge in [-0.1, -0.05) is 13.8 Å². The fourth-order valence-electron chi connectivity index (χ4n) is 1.94. The van der Waals surface area contributed by atoms with Crippen molar-refractivity contribution in [1.82, 2.24) is 9.78 Å². The van der Waals surface area contributed by atoms with E-state index in [1.54, 1.807) is 0 Å². The summed E-state index contributed by atoms with van der Waals surface area (Å²) in [7, 11) is 0. The molecule has 0 saturated carbocycles. The Balaban J connectivity index is 2.02. The van der Waals surface area contributed by atoms with Gasteiger partial charge >= 0.3 is 0 Å². The van der Waals surface area contributed by atoms with Crippen molar-refractivity contribution < 1.29 is 0 Å². The molecule has 0 bridgehead atoms. The monoisotopic (exact) mass is 271 g/mol. The lowest BCUT2D eigenvalue weighted by atomic mass is 10.1. The van der Waals surface area contributed by atoms with Gasteiger partial charge in [0.05, 0.1) is 6.20 Å². The molecule has 3 nitrogen and oxygen atoms in total. The molecule has 4 atom stereocenters. The Labute approximate surface area is 112 Å². The van der Waals surface area contributed by atoms with Crippen molar-refractivity contribution in [2.24, 2.45) is 5.73 Å². The van der Waals surface area contributed by atoms with E-state index in [0.29, 0.717) is 10.5 Å². The van der Waals surface area contributed by atoms with Gasteiger partial charge in [0.15, 0.2) is 0 Å². The second kappa shape index (κ2) is 5.67. The van der Waals surface area contributed by atoms with Crippen LogP contribution in [-0.4, -0.2) is 31.3 Å². The molecule has 17 heavy (non-hydrogen) atoms. The Hall–Kier alpha value is -0.130. The van der Waals surface area contributed by atoms with Gasteiger partial charge in [-0.15, -0.1) is 0 Å². The van der Waals surface area contributed by atoms with Gasteiger partial charge in [0, 0.05) is 45.8 Å². The second-order valence-corrected chi connectivity index (χ2v) is 7.60. The molecule has 96 valence electrons. The van der Waals surface area contributed by atoms with E-state index in [-0.39, 0.29) is 6.04 Å². The smallest absolute Gasteiger partial charge is 0.0537 e. The third-order valence-electron chi connectivity index (χ3n) is 3.34. The summed E-state index contributed by atoms with van der Waals surface area (Å²) in [6.07, 6.45) is 4.00. The Bertz CT molecular complexity index is 366. The van der Waals surface area contributed by atoms with Gasteiger partial charge in [0.25, 0.3) is 0 Å². The van der Waals surface area contributed by atoms with E-state index in [1.807, 2.05) is 34.4 Å². The maximum absolute atomic E-state index is 6.36. The molecule has 0 amide bonds. The molecule has 1 aromatic heterocycles. The maximum Gasteiger partial charge on any atom is 0.0537 e. The highest BCUT2D eigenvalue weighted by molar-refractivity contribution is 8.07. The van der Waals surface area contributed by atoms with Crippen LogP contribution in [0.4, 0.5) is 0 Å². The zero-order valence-electron chi connectivity index (χ0n) is 10.7. The maximum atomic E-state index is 6.36. The summed E-state index contributed by atoms with van der Waals surface area (Å²) >= 11 is 4.07. The summed E-state index contributed by atoms with van der Waals surface area (Å²) in [5, 5.41) is 6.24. The van der Waals surface area contributed by atoms with Gasteiger partial charge < -0.3 is 5.73 Å². The Morgan fingerprint density at radius 1 is 1.53 bits per heavy atom. The molecule has 4 unspecified atom stereocenters. The van der Waals surface area contributed by atoms with E-state index in [4.69, 9.17) is 5.73 Å². The topological polar surface area (TPSA) is 43.8 Å². The Kier molecular flexibility index (Phi) is 4.44. The average Bonchev–Trinajstić information content (AvgIpc) is 2.80. The van der Waals surface area contributed by atoms with Crippen molar-refractivity contribution in [2.45, 2.75) is 49.1 Å². The molecular formula is C12H21N3S2. The number of hydrogen-bond donors (Lipinski definition) is 1. The molecule has 2 heterocycles. The number of thioether (sulfide) groups is 2. The fourth-order valence-corrected chi connectivity index (χ4v) is 4.98. The lowest BCUT2D eigenvalue weighted by Crippen LogP contribution is -2.33. The van der Waals surface area contributed by atoms with Crippen molar-refractivity contribution in [3.05, 3.63) is 18.0 Å².